The van der Waals surface area contributed by atoms with Gasteiger partial charge in [0.2, 0.25) is 0 Å². The van der Waals surface area contributed by atoms with Crippen molar-refractivity contribution < 1.29 is 8.85 Å². The second-order valence-electron chi connectivity index (χ2n) is 8.10. The van der Waals surface area contributed by atoms with Gasteiger partial charge in [0, 0.05) is 12.2 Å². The second kappa shape index (κ2) is 9.18. The summed E-state index contributed by atoms with van der Waals surface area (Å²) in [5.74, 6) is 0. The Balaban J connectivity index is 1.74. The molecule has 4 rings (SSSR count). The fraction of sp³-hybridized carbons (Fsp3) is 0.500. The summed E-state index contributed by atoms with van der Waals surface area (Å²) in [5, 5.41) is 2.51. The molecule has 0 unspecified atom stereocenters. The number of hydrogen-bond donors (Lipinski definition) is 0. The molecule has 0 N–H and O–H groups in total. The Morgan fingerprint density at radius 2 is 0.889 bits per heavy atom. The van der Waals surface area contributed by atoms with E-state index in [-0.39, 0.29) is 0 Å². The average Bonchev–Trinajstić information content (AvgIpc) is 2.76. The van der Waals surface area contributed by atoms with E-state index in [0.29, 0.717) is 12.2 Å². The molecule has 2 aliphatic carbocycles. The third-order valence-corrected chi connectivity index (χ3v) is 9.59. The van der Waals surface area contributed by atoms with Crippen LogP contribution in [0.15, 0.2) is 60.7 Å². The topological polar surface area (TPSA) is 18.5 Å². The quantitative estimate of drug-likeness (QED) is 0.661. The number of hydrogen-bond acceptors (Lipinski definition) is 2. The van der Waals surface area contributed by atoms with Gasteiger partial charge in [-0.15, -0.1) is 0 Å². The van der Waals surface area contributed by atoms with Crippen LogP contribution >= 0.6 is 0 Å². The van der Waals surface area contributed by atoms with Gasteiger partial charge in [-0.05, 0) is 36.1 Å². The molecule has 2 aromatic carbocycles. The van der Waals surface area contributed by atoms with Gasteiger partial charge in [-0.25, -0.2) is 0 Å². The van der Waals surface area contributed by atoms with E-state index >= 15 is 0 Å². The predicted octanol–water partition coefficient (Wildman–Crippen LogP) is 4.94. The molecule has 0 heterocycles. The maximum absolute atomic E-state index is 7.07. The van der Waals surface area contributed by atoms with Crippen LogP contribution in [-0.2, 0) is 8.85 Å². The Labute approximate surface area is 165 Å². The highest BCUT2D eigenvalue weighted by atomic mass is 28.4. The molecule has 2 saturated carbocycles. The van der Waals surface area contributed by atoms with Gasteiger partial charge < -0.3 is 8.85 Å². The van der Waals surface area contributed by atoms with Crippen molar-refractivity contribution in [2.75, 3.05) is 0 Å². The summed E-state index contributed by atoms with van der Waals surface area (Å²) in [6.07, 6.45) is 13.1. The number of benzene rings is 2. The zero-order chi connectivity index (χ0) is 18.4. The van der Waals surface area contributed by atoms with Gasteiger partial charge in [-0.1, -0.05) is 99.2 Å². The van der Waals surface area contributed by atoms with Gasteiger partial charge in [0.25, 0.3) is 0 Å². The van der Waals surface area contributed by atoms with Crippen LogP contribution in [-0.4, -0.2) is 20.8 Å². The van der Waals surface area contributed by atoms with E-state index in [2.05, 4.69) is 60.7 Å². The van der Waals surface area contributed by atoms with Crippen molar-refractivity contribution in [3.8, 4) is 0 Å². The molecule has 0 bridgehead atoms. The van der Waals surface area contributed by atoms with Crippen LogP contribution in [0.2, 0.25) is 0 Å². The van der Waals surface area contributed by atoms with Crippen LogP contribution in [0.5, 0.6) is 0 Å². The molecule has 0 radical (unpaired) electrons. The van der Waals surface area contributed by atoms with Crippen molar-refractivity contribution >= 4 is 18.9 Å². The Morgan fingerprint density at radius 1 is 0.519 bits per heavy atom. The third kappa shape index (κ3) is 4.53. The standard InChI is InChI=1S/C24H32O2Si/c1-5-13-21(14-6-1)25-27(23-17-9-3-10-18-23,24-19-11-4-12-20-24)26-22-15-7-2-8-16-22/h3-4,9-12,17-22H,1-2,5-8,13-16H2. The van der Waals surface area contributed by atoms with E-state index in [4.69, 9.17) is 8.85 Å². The van der Waals surface area contributed by atoms with Gasteiger partial charge in [-0.2, -0.15) is 0 Å². The van der Waals surface area contributed by atoms with E-state index in [0.717, 1.165) is 0 Å². The molecular weight excluding hydrogens is 348 g/mol. The molecular formula is C24H32O2Si. The molecule has 0 saturated heterocycles. The molecule has 2 fully saturated rings. The normalized spacial score (nSPS) is 19.9. The zero-order valence-electron chi connectivity index (χ0n) is 16.3. The minimum atomic E-state index is -2.72. The monoisotopic (exact) mass is 380 g/mol. The molecule has 2 aliphatic rings. The molecule has 0 atom stereocenters. The highest BCUT2D eigenvalue weighted by Gasteiger charge is 2.46. The van der Waals surface area contributed by atoms with Crippen molar-refractivity contribution in [3.05, 3.63) is 60.7 Å². The van der Waals surface area contributed by atoms with Crippen LogP contribution in [0.3, 0.4) is 0 Å². The van der Waals surface area contributed by atoms with Crippen LogP contribution in [0.25, 0.3) is 0 Å². The first kappa shape index (κ1) is 18.9. The van der Waals surface area contributed by atoms with Gasteiger partial charge >= 0.3 is 8.56 Å². The number of rotatable bonds is 6. The predicted molar refractivity (Wildman–Crippen MR) is 114 cm³/mol. The highest BCUT2D eigenvalue weighted by Crippen LogP contribution is 2.28. The van der Waals surface area contributed by atoms with Crippen molar-refractivity contribution in [1.29, 1.82) is 0 Å². The summed E-state index contributed by atoms with van der Waals surface area (Å²) in [6, 6.07) is 21.6. The van der Waals surface area contributed by atoms with Crippen LogP contribution in [0.4, 0.5) is 0 Å². The van der Waals surface area contributed by atoms with E-state index < -0.39 is 8.56 Å². The molecule has 0 aliphatic heterocycles. The van der Waals surface area contributed by atoms with Gasteiger partial charge in [0.15, 0.2) is 0 Å². The van der Waals surface area contributed by atoms with Gasteiger partial charge in [0.05, 0.1) is 0 Å². The summed E-state index contributed by atoms with van der Waals surface area (Å²) in [5.41, 5.74) is 0. The van der Waals surface area contributed by atoms with Crippen LogP contribution in [0.1, 0.15) is 64.2 Å². The average molecular weight is 381 g/mol. The molecule has 2 aromatic rings. The summed E-state index contributed by atoms with van der Waals surface area (Å²) in [7, 11) is -2.72. The largest absolute Gasteiger partial charge is 0.407 e. The zero-order valence-corrected chi connectivity index (χ0v) is 17.3. The maximum atomic E-state index is 7.07. The first-order valence-corrected chi connectivity index (χ1v) is 12.7. The highest BCUT2D eigenvalue weighted by molar-refractivity contribution is 6.92. The van der Waals surface area contributed by atoms with Crippen LogP contribution < -0.4 is 10.4 Å². The lowest BCUT2D eigenvalue weighted by molar-refractivity contribution is 0.0618. The molecule has 27 heavy (non-hydrogen) atoms. The summed E-state index contributed by atoms with van der Waals surface area (Å²) < 4.78 is 14.1. The Kier molecular flexibility index (Phi) is 6.43. The van der Waals surface area contributed by atoms with Crippen LogP contribution in [0, 0.1) is 0 Å². The molecule has 144 valence electrons. The van der Waals surface area contributed by atoms with Crippen molar-refractivity contribution in [3.63, 3.8) is 0 Å². The van der Waals surface area contributed by atoms with Gasteiger partial charge in [0.1, 0.15) is 0 Å². The molecule has 2 nitrogen and oxygen atoms in total. The van der Waals surface area contributed by atoms with Crippen molar-refractivity contribution in [2.24, 2.45) is 0 Å². The van der Waals surface area contributed by atoms with E-state index in [1.165, 1.54) is 74.6 Å². The van der Waals surface area contributed by atoms with Crippen molar-refractivity contribution in [1.82, 2.24) is 0 Å². The second-order valence-corrected chi connectivity index (χ2v) is 11.0. The minimum Gasteiger partial charge on any atom is -0.385 e. The van der Waals surface area contributed by atoms with Gasteiger partial charge in [-0.3, -0.25) is 0 Å². The lowest BCUT2D eigenvalue weighted by Crippen LogP contribution is -2.66. The first-order valence-electron chi connectivity index (χ1n) is 10.8. The van der Waals surface area contributed by atoms with E-state index in [1.54, 1.807) is 0 Å². The third-order valence-electron chi connectivity index (χ3n) is 6.08. The minimum absolute atomic E-state index is 0.328. The summed E-state index contributed by atoms with van der Waals surface area (Å²) >= 11 is 0. The fourth-order valence-corrected chi connectivity index (χ4v) is 8.22. The van der Waals surface area contributed by atoms with E-state index in [1.807, 2.05) is 0 Å². The molecule has 0 amide bonds. The summed E-state index contributed by atoms with van der Waals surface area (Å²) in [6.45, 7) is 0. The molecule has 0 aromatic heterocycles. The smallest absolute Gasteiger partial charge is 0.385 e. The van der Waals surface area contributed by atoms with E-state index in [9.17, 15) is 0 Å². The Hall–Kier alpha value is -1.42. The molecule has 3 heteroatoms. The lowest BCUT2D eigenvalue weighted by Gasteiger charge is -2.39. The fourth-order valence-electron chi connectivity index (χ4n) is 4.62. The van der Waals surface area contributed by atoms with Crippen molar-refractivity contribution in [2.45, 2.75) is 76.4 Å². The summed E-state index contributed by atoms with van der Waals surface area (Å²) in [4.78, 5) is 0. The Bertz CT molecular complexity index is 615. The maximum Gasteiger partial charge on any atom is 0.407 e. The SMILES string of the molecule is c1ccc([Si](OC2CCCCC2)(OC2CCCCC2)c2ccccc2)cc1. The Morgan fingerprint density at radius 3 is 1.26 bits per heavy atom. The lowest BCUT2D eigenvalue weighted by atomic mass is 9.98. The molecule has 0 spiro atoms. The first-order chi connectivity index (χ1) is 13.4.